The van der Waals surface area contributed by atoms with E-state index in [2.05, 4.69) is 89.2 Å². The predicted octanol–water partition coefficient (Wildman–Crippen LogP) is 9.38. The summed E-state index contributed by atoms with van der Waals surface area (Å²) >= 11 is 3.75. The Morgan fingerprint density at radius 1 is 0.824 bits per heavy atom. The zero-order chi connectivity index (χ0) is 23.6. The van der Waals surface area contributed by atoms with Crippen molar-refractivity contribution in [2.75, 3.05) is 0 Å². The van der Waals surface area contributed by atoms with Crippen LogP contribution in [0.4, 0.5) is 0 Å². The highest BCUT2D eigenvalue weighted by Crippen LogP contribution is 2.42. The average molecular weight is 481 g/mol. The number of nitrogens with zero attached hydrogens (tertiary/aromatic N) is 2. The molecule has 34 heavy (non-hydrogen) atoms. The minimum Gasteiger partial charge on any atom is -0.235 e. The van der Waals surface area contributed by atoms with Gasteiger partial charge in [-0.1, -0.05) is 58.9 Å². The molecule has 0 aliphatic rings. The third kappa shape index (κ3) is 3.60. The maximum atomic E-state index is 4.81. The Labute approximate surface area is 208 Å². The standard InChI is InChI=1S/C30H28N2S2/c1-17(2)10-21-12-19-13-23-26(15-25(19)33-21)34-29-27(31-16-32-28(23)29)20-11-18-8-6-7-9-22(18)24(14-20)30(3,4)5/h6-9,11-17H,10H2,1-5H3. The van der Waals surface area contributed by atoms with E-state index in [0.29, 0.717) is 5.92 Å². The largest absolute Gasteiger partial charge is 0.235 e. The molecule has 0 bridgehead atoms. The van der Waals surface area contributed by atoms with Crippen molar-refractivity contribution in [1.29, 1.82) is 0 Å². The number of benzene rings is 3. The molecule has 0 fully saturated rings. The van der Waals surface area contributed by atoms with Crippen molar-refractivity contribution < 1.29 is 0 Å². The van der Waals surface area contributed by atoms with Crippen LogP contribution in [0.3, 0.4) is 0 Å². The zero-order valence-corrected chi connectivity index (χ0v) is 21.9. The quantitative estimate of drug-likeness (QED) is 0.252. The Hall–Kier alpha value is -2.82. The number of aromatic nitrogens is 2. The van der Waals surface area contributed by atoms with Crippen molar-refractivity contribution in [2.45, 2.75) is 46.5 Å². The van der Waals surface area contributed by atoms with Gasteiger partial charge < -0.3 is 0 Å². The summed E-state index contributed by atoms with van der Waals surface area (Å²) in [5, 5.41) is 5.14. The number of hydrogen-bond acceptors (Lipinski definition) is 4. The lowest BCUT2D eigenvalue weighted by atomic mass is 9.82. The van der Waals surface area contributed by atoms with Crippen LogP contribution >= 0.6 is 22.7 Å². The Morgan fingerprint density at radius 3 is 2.44 bits per heavy atom. The molecule has 2 nitrogen and oxygen atoms in total. The summed E-state index contributed by atoms with van der Waals surface area (Å²) in [6, 6.07) is 20.4. The molecule has 0 saturated heterocycles. The lowest BCUT2D eigenvalue weighted by Gasteiger charge is -2.22. The van der Waals surface area contributed by atoms with Gasteiger partial charge in [0.25, 0.3) is 0 Å². The van der Waals surface area contributed by atoms with E-state index >= 15 is 0 Å². The Kier molecular flexibility index (Phi) is 5.02. The molecule has 3 aromatic heterocycles. The molecule has 0 atom stereocenters. The second kappa shape index (κ2) is 7.86. The average Bonchev–Trinajstić information content (AvgIpc) is 3.34. The van der Waals surface area contributed by atoms with Gasteiger partial charge >= 0.3 is 0 Å². The molecule has 4 heteroatoms. The molecule has 0 aliphatic heterocycles. The predicted molar refractivity (Wildman–Crippen MR) is 150 cm³/mol. The van der Waals surface area contributed by atoms with Gasteiger partial charge in [-0.15, -0.1) is 22.7 Å². The van der Waals surface area contributed by atoms with Crippen LogP contribution in [0.5, 0.6) is 0 Å². The summed E-state index contributed by atoms with van der Waals surface area (Å²) in [6.07, 6.45) is 2.87. The molecule has 0 aliphatic carbocycles. The molecular weight excluding hydrogens is 452 g/mol. The molecule has 0 radical (unpaired) electrons. The van der Waals surface area contributed by atoms with E-state index in [1.165, 1.54) is 51.6 Å². The van der Waals surface area contributed by atoms with Gasteiger partial charge in [-0.05, 0) is 69.8 Å². The maximum absolute atomic E-state index is 4.81. The molecule has 6 aromatic rings. The van der Waals surface area contributed by atoms with E-state index in [4.69, 9.17) is 9.97 Å². The van der Waals surface area contributed by atoms with E-state index in [-0.39, 0.29) is 5.41 Å². The Bertz CT molecular complexity index is 1700. The van der Waals surface area contributed by atoms with Crippen molar-refractivity contribution in [3.63, 3.8) is 0 Å². The third-order valence-corrected chi connectivity index (χ3v) is 8.76. The van der Waals surface area contributed by atoms with Crippen LogP contribution in [0.1, 0.15) is 45.1 Å². The summed E-state index contributed by atoms with van der Waals surface area (Å²) in [7, 11) is 0. The zero-order valence-electron chi connectivity index (χ0n) is 20.3. The monoisotopic (exact) mass is 480 g/mol. The minimum absolute atomic E-state index is 0.0416. The van der Waals surface area contributed by atoms with Gasteiger partial charge in [-0.25, -0.2) is 9.97 Å². The fourth-order valence-electron chi connectivity index (χ4n) is 4.94. The molecule has 0 N–H and O–H groups in total. The number of rotatable bonds is 3. The van der Waals surface area contributed by atoms with Crippen LogP contribution in [0.2, 0.25) is 0 Å². The van der Waals surface area contributed by atoms with Crippen LogP contribution in [0, 0.1) is 5.92 Å². The molecule has 170 valence electrons. The van der Waals surface area contributed by atoms with Gasteiger partial charge in [0.15, 0.2) is 0 Å². The van der Waals surface area contributed by atoms with E-state index in [9.17, 15) is 0 Å². The first kappa shape index (κ1) is 21.7. The molecule has 3 heterocycles. The first-order chi connectivity index (χ1) is 16.3. The number of thiophene rings is 2. The summed E-state index contributed by atoms with van der Waals surface area (Å²) in [5.74, 6) is 0.672. The highest BCUT2D eigenvalue weighted by molar-refractivity contribution is 7.26. The van der Waals surface area contributed by atoms with Gasteiger partial charge in [0.1, 0.15) is 6.33 Å². The van der Waals surface area contributed by atoms with Crippen LogP contribution in [-0.4, -0.2) is 9.97 Å². The van der Waals surface area contributed by atoms with E-state index in [0.717, 1.165) is 17.6 Å². The molecular formula is C30H28N2S2. The lowest BCUT2D eigenvalue weighted by Crippen LogP contribution is -2.12. The topological polar surface area (TPSA) is 25.8 Å². The highest BCUT2D eigenvalue weighted by Gasteiger charge is 2.20. The summed E-state index contributed by atoms with van der Waals surface area (Å²) in [6.45, 7) is 11.4. The van der Waals surface area contributed by atoms with E-state index in [1.54, 1.807) is 6.33 Å². The Balaban J connectivity index is 1.58. The first-order valence-electron chi connectivity index (χ1n) is 11.9. The van der Waals surface area contributed by atoms with Gasteiger partial charge in [0.2, 0.25) is 0 Å². The van der Waals surface area contributed by atoms with Gasteiger partial charge in [-0.3, -0.25) is 0 Å². The third-order valence-electron chi connectivity index (χ3n) is 6.49. The van der Waals surface area contributed by atoms with Crippen molar-refractivity contribution >= 4 is 63.8 Å². The molecule has 6 rings (SSSR count). The normalized spacial score (nSPS) is 12.6. The number of hydrogen-bond donors (Lipinski definition) is 0. The van der Waals surface area contributed by atoms with Crippen LogP contribution < -0.4 is 0 Å². The van der Waals surface area contributed by atoms with Crippen molar-refractivity contribution in [3.8, 4) is 11.3 Å². The van der Waals surface area contributed by atoms with Crippen LogP contribution in [0.15, 0.2) is 60.9 Å². The van der Waals surface area contributed by atoms with Crippen LogP contribution in [-0.2, 0) is 11.8 Å². The van der Waals surface area contributed by atoms with Gasteiger partial charge in [-0.2, -0.15) is 0 Å². The molecule has 0 amide bonds. The smallest absolute Gasteiger partial charge is 0.116 e. The fourth-order valence-corrected chi connectivity index (χ4v) is 7.50. The molecule has 0 saturated carbocycles. The SMILES string of the molecule is CC(C)Cc1cc2cc3c(cc2s1)sc1c(-c2cc(C(C)(C)C)c4ccccc4c2)ncnc13. The second-order valence-electron chi connectivity index (χ2n) is 10.7. The van der Waals surface area contributed by atoms with Gasteiger partial charge in [0.05, 0.1) is 15.9 Å². The van der Waals surface area contributed by atoms with E-state index in [1.807, 2.05) is 22.7 Å². The molecule has 0 unspecified atom stereocenters. The van der Waals surface area contributed by atoms with Crippen molar-refractivity contribution in [1.82, 2.24) is 9.97 Å². The summed E-state index contributed by atoms with van der Waals surface area (Å²) < 4.78 is 3.83. The van der Waals surface area contributed by atoms with E-state index < -0.39 is 0 Å². The summed E-state index contributed by atoms with van der Waals surface area (Å²) in [5.41, 5.74) is 4.66. The summed E-state index contributed by atoms with van der Waals surface area (Å²) in [4.78, 5) is 11.0. The maximum Gasteiger partial charge on any atom is 0.116 e. The van der Waals surface area contributed by atoms with Gasteiger partial charge in [0, 0.05) is 25.2 Å². The Morgan fingerprint density at radius 2 is 1.65 bits per heavy atom. The minimum atomic E-state index is 0.0416. The highest BCUT2D eigenvalue weighted by atomic mass is 32.1. The molecule has 3 aromatic carbocycles. The fraction of sp³-hybridized carbons (Fsp3) is 0.267. The van der Waals surface area contributed by atoms with Crippen LogP contribution in [0.25, 0.3) is 52.4 Å². The lowest BCUT2D eigenvalue weighted by molar-refractivity contribution is 0.596. The number of fused-ring (bicyclic) bond motifs is 5. The molecule has 0 spiro atoms. The van der Waals surface area contributed by atoms with Crippen molar-refractivity contribution in [3.05, 3.63) is 71.4 Å². The second-order valence-corrected chi connectivity index (χ2v) is 12.9. The van der Waals surface area contributed by atoms with Crippen molar-refractivity contribution in [2.24, 2.45) is 5.92 Å². The first-order valence-corrected chi connectivity index (χ1v) is 13.5.